The van der Waals surface area contributed by atoms with Crippen molar-refractivity contribution in [2.24, 2.45) is 5.18 Å². The Hall–Kier alpha value is -1.51. The number of hydrogen-bond donors (Lipinski definition) is 0. The molecule has 0 aliphatic heterocycles. The van der Waals surface area contributed by atoms with Crippen molar-refractivity contribution in [3.63, 3.8) is 0 Å². The largest absolute Gasteiger partial charge is 0.317 e. The van der Waals surface area contributed by atoms with Crippen LogP contribution in [0, 0.1) is 4.91 Å². The molecule has 0 bridgehead atoms. The van der Waals surface area contributed by atoms with E-state index in [1.165, 1.54) is 19.3 Å². The third-order valence-electron chi connectivity index (χ3n) is 3.32. The Morgan fingerprint density at radius 2 is 1.81 bits per heavy atom. The first-order chi connectivity index (χ1) is 7.83. The fourth-order valence-electron chi connectivity index (χ4n) is 2.51. The molecule has 3 heteroatoms. The molecule has 16 heavy (non-hydrogen) atoms. The highest BCUT2D eigenvalue weighted by molar-refractivity contribution is 5.96. The van der Waals surface area contributed by atoms with Crippen LogP contribution in [0.2, 0.25) is 0 Å². The average molecular weight is 217 g/mol. The molecule has 1 aliphatic rings. The van der Waals surface area contributed by atoms with Gasteiger partial charge in [0.2, 0.25) is 0 Å². The van der Waals surface area contributed by atoms with E-state index < -0.39 is 5.91 Å². The van der Waals surface area contributed by atoms with Gasteiger partial charge in [-0.2, -0.15) is 0 Å². The summed E-state index contributed by atoms with van der Waals surface area (Å²) in [6, 6.07) is 7.36. The minimum atomic E-state index is -0.638. The third-order valence-corrected chi connectivity index (χ3v) is 3.32. The molecule has 0 heterocycles. The monoisotopic (exact) mass is 217 g/mol. The van der Waals surface area contributed by atoms with Gasteiger partial charge in [-0.3, -0.25) is 4.79 Å². The maximum atomic E-state index is 11.4. The Morgan fingerprint density at radius 1 is 1.12 bits per heavy atom. The molecule has 1 aliphatic carbocycles. The molecular formula is C13H15NO2. The lowest BCUT2D eigenvalue weighted by Gasteiger charge is -2.23. The summed E-state index contributed by atoms with van der Waals surface area (Å²) in [4.78, 5) is 21.7. The van der Waals surface area contributed by atoms with E-state index in [0.29, 0.717) is 11.5 Å². The molecule has 1 aromatic carbocycles. The minimum Gasteiger partial charge on any atom is -0.263 e. The van der Waals surface area contributed by atoms with Gasteiger partial charge >= 0.3 is 5.91 Å². The van der Waals surface area contributed by atoms with Gasteiger partial charge in [-0.25, -0.2) is 0 Å². The first-order valence-corrected chi connectivity index (χ1v) is 5.79. The van der Waals surface area contributed by atoms with Crippen molar-refractivity contribution in [3.8, 4) is 0 Å². The molecule has 0 aromatic heterocycles. The number of benzene rings is 1. The van der Waals surface area contributed by atoms with Gasteiger partial charge in [0, 0.05) is 10.7 Å². The van der Waals surface area contributed by atoms with Crippen LogP contribution in [0.15, 0.2) is 29.4 Å². The molecule has 0 N–H and O–H groups in total. The number of amides is 1. The summed E-state index contributed by atoms with van der Waals surface area (Å²) in [5.74, 6) is -0.211. The van der Waals surface area contributed by atoms with E-state index in [1.807, 2.05) is 12.1 Å². The second-order valence-corrected chi connectivity index (χ2v) is 4.32. The van der Waals surface area contributed by atoms with E-state index in [2.05, 4.69) is 5.18 Å². The summed E-state index contributed by atoms with van der Waals surface area (Å²) >= 11 is 0. The highest BCUT2D eigenvalue weighted by Gasteiger charge is 2.21. The van der Waals surface area contributed by atoms with Gasteiger partial charge in [0.15, 0.2) is 0 Å². The molecular weight excluding hydrogens is 202 g/mol. The smallest absolute Gasteiger partial charge is 0.263 e. The van der Waals surface area contributed by atoms with Crippen LogP contribution in [0.1, 0.15) is 53.9 Å². The van der Waals surface area contributed by atoms with Gasteiger partial charge < -0.3 is 0 Å². The predicted octanol–water partition coefficient (Wildman–Crippen LogP) is 3.64. The van der Waals surface area contributed by atoms with Crippen LogP contribution in [-0.2, 0) is 0 Å². The summed E-state index contributed by atoms with van der Waals surface area (Å²) in [7, 11) is 0. The Labute approximate surface area is 94.8 Å². The topological polar surface area (TPSA) is 46.5 Å². The molecule has 0 spiro atoms. The Bertz CT molecular complexity index is 395. The van der Waals surface area contributed by atoms with Crippen LogP contribution in [0.3, 0.4) is 0 Å². The summed E-state index contributed by atoms with van der Waals surface area (Å²) in [6.45, 7) is 0. The van der Waals surface area contributed by atoms with E-state index >= 15 is 0 Å². The standard InChI is InChI=1S/C13H15NO2/c15-13(14-16)12-9-5-4-8-11(12)10-6-2-1-3-7-10/h4-5,8-10H,1-3,6-7H2. The number of rotatable bonds is 2. The zero-order chi connectivity index (χ0) is 11.4. The zero-order valence-corrected chi connectivity index (χ0v) is 9.19. The number of hydrogen-bond acceptors (Lipinski definition) is 2. The molecule has 1 amide bonds. The summed E-state index contributed by atoms with van der Waals surface area (Å²) in [5.41, 5.74) is 1.50. The van der Waals surface area contributed by atoms with Gasteiger partial charge in [-0.15, -0.1) is 4.91 Å². The molecule has 1 fully saturated rings. The molecule has 0 unspecified atom stereocenters. The second-order valence-electron chi connectivity index (χ2n) is 4.32. The second kappa shape index (κ2) is 5.01. The molecule has 0 atom stereocenters. The third kappa shape index (κ3) is 2.18. The average Bonchev–Trinajstić information content (AvgIpc) is 2.39. The first kappa shape index (κ1) is 11.0. The van der Waals surface area contributed by atoms with Gasteiger partial charge in [0.05, 0.1) is 0 Å². The van der Waals surface area contributed by atoms with Crippen LogP contribution in [-0.4, -0.2) is 5.91 Å². The fraction of sp³-hybridized carbons (Fsp3) is 0.462. The molecule has 3 nitrogen and oxygen atoms in total. The maximum Gasteiger partial charge on any atom is 0.317 e. The lowest BCUT2D eigenvalue weighted by atomic mass is 9.82. The van der Waals surface area contributed by atoms with Crippen molar-refractivity contribution < 1.29 is 4.79 Å². The van der Waals surface area contributed by atoms with Crippen LogP contribution < -0.4 is 0 Å². The van der Waals surface area contributed by atoms with Crippen molar-refractivity contribution >= 4 is 5.91 Å². The molecule has 0 saturated heterocycles. The highest BCUT2D eigenvalue weighted by Crippen LogP contribution is 2.34. The van der Waals surface area contributed by atoms with Crippen molar-refractivity contribution in [2.75, 3.05) is 0 Å². The Morgan fingerprint density at radius 3 is 2.50 bits per heavy atom. The van der Waals surface area contributed by atoms with E-state index in [-0.39, 0.29) is 0 Å². The number of nitrogens with zero attached hydrogens (tertiary/aromatic N) is 1. The Balaban J connectivity index is 2.31. The van der Waals surface area contributed by atoms with Crippen molar-refractivity contribution in [1.29, 1.82) is 0 Å². The van der Waals surface area contributed by atoms with Gasteiger partial charge in [0.25, 0.3) is 0 Å². The van der Waals surface area contributed by atoms with E-state index in [0.717, 1.165) is 18.4 Å². The lowest BCUT2D eigenvalue weighted by molar-refractivity contribution is 0.0999. The normalized spacial score (nSPS) is 17.0. The lowest BCUT2D eigenvalue weighted by Crippen LogP contribution is -2.09. The summed E-state index contributed by atoms with van der Waals surface area (Å²) in [5, 5.41) is 2.53. The van der Waals surface area contributed by atoms with E-state index in [1.54, 1.807) is 12.1 Å². The Kier molecular flexibility index (Phi) is 3.44. The molecule has 1 aromatic rings. The van der Waals surface area contributed by atoms with Crippen molar-refractivity contribution in [3.05, 3.63) is 40.3 Å². The van der Waals surface area contributed by atoms with Gasteiger partial charge in [-0.1, -0.05) is 37.5 Å². The number of nitroso groups, excluding NO2 is 1. The quantitative estimate of drug-likeness (QED) is 0.710. The highest BCUT2D eigenvalue weighted by atomic mass is 16.3. The number of carbonyl (C=O) groups is 1. The fourth-order valence-corrected chi connectivity index (χ4v) is 2.51. The predicted molar refractivity (Wildman–Crippen MR) is 62.4 cm³/mol. The SMILES string of the molecule is O=NC(=O)c1ccccc1C1CCCCC1. The van der Waals surface area contributed by atoms with Crippen LogP contribution in [0.25, 0.3) is 0 Å². The first-order valence-electron chi connectivity index (χ1n) is 5.79. The van der Waals surface area contributed by atoms with E-state index in [9.17, 15) is 9.70 Å². The molecule has 0 radical (unpaired) electrons. The number of carbonyl (C=O) groups excluding carboxylic acids is 1. The minimum absolute atomic E-state index is 0.427. The summed E-state index contributed by atoms with van der Waals surface area (Å²) < 4.78 is 0. The van der Waals surface area contributed by atoms with Crippen molar-refractivity contribution in [2.45, 2.75) is 38.0 Å². The molecule has 84 valence electrons. The summed E-state index contributed by atoms with van der Waals surface area (Å²) in [6.07, 6.45) is 5.92. The maximum absolute atomic E-state index is 11.4. The zero-order valence-electron chi connectivity index (χ0n) is 9.19. The van der Waals surface area contributed by atoms with Crippen LogP contribution in [0.5, 0.6) is 0 Å². The van der Waals surface area contributed by atoms with Crippen molar-refractivity contribution in [1.82, 2.24) is 0 Å². The molecule has 2 rings (SSSR count). The van der Waals surface area contributed by atoms with E-state index in [4.69, 9.17) is 0 Å². The van der Waals surface area contributed by atoms with Crippen LogP contribution in [0.4, 0.5) is 0 Å². The van der Waals surface area contributed by atoms with Crippen LogP contribution >= 0.6 is 0 Å². The van der Waals surface area contributed by atoms with Gasteiger partial charge in [0.1, 0.15) is 0 Å². The molecule has 1 saturated carbocycles. The van der Waals surface area contributed by atoms with Gasteiger partial charge in [-0.05, 0) is 30.4 Å².